The molecule has 1 aliphatic carbocycles. The molecule has 2 aromatic rings. The molecule has 4 aliphatic rings. The molecule has 6 rings (SSSR count). The van der Waals surface area contributed by atoms with Gasteiger partial charge in [-0.1, -0.05) is 47.6 Å². The van der Waals surface area contributed by atoms with E-state index < -0.39 is 0 Å². The molecule has 0 bridgehead atoms. The maximum Gasteiger partial charge on any atom is 0.145 e. The average molecular weight is 417 g/mol. The number of rotatable bonds is 3. The van der Waals surface area contributed by atoms with Crippen molar-refractivity contribution in [3.63, 3.8) is 0 Å². The van der Waals surface area contributed by atoms with Gasteiger partial charge in [-0.05, 0) is 50.3 Å². The molecule has 2 aromatic carbocycles. The summed E-state index contributed by atoms with van der Waals surface area (Å²) in [6.07, 6.45) is 6.77. The van der Waals surface area contributed by atoms with Gasteiger partial charge in [0.1, 0.15) is 17.0 Å². The zero-order valence-corrected chi connectivity index (χ0v) is 18.7. The van der Waals surface area contributed by atoms with Crippen molar-refractivity contribution in [2.75, 3.05) is 13.1 Å². The van der Waals surface area contributed by atoms with E-state index >= 15 is 0 Å². The standard InChI is InChI=1S/C27H32N2O2/c1-25(2)19-26(10-11-26)22-16-20(8-9-24(22)30-25)18-29-14-12-27(13-15-29)17-23(28-31-27)21-6-4-3-5-7-21/h3-9,16H,10-15,17-19H2,1-2H3. The molecule has 1 saturated heterocycles. The summed E-state index contributed by atoms with van der Waals surface area (Å²) in [5.41, 5.74) is 5.39. The second-order valence-corrected chi connectivity index (χ2v) is 10.8. The van der Waals surface area contributed by atoms with E-state index in [4.69, 9.17) is 9.57 Å². The van der Waals surface area contributed by atoms with Crippen molar-refractivity contribution in [3.8, 4) is 5.75 Å². The summed E-state index contributed by atoms with van der Waals surface area (Å²) in [7, 11) is 0. The lowest BCUT2D eigenvalue weighted by molar-refractivity contribution is -0.0627. The number of likely N-dealkylation sites (tertiary alicyclic amines) is 1. The van der Waals surface area contributed by atoms with Crippen LogP contribution in [0, 0.1) is 0 Å². The Kier molecular flexibility index (Phi) is 4.27. The van der Waals surface area contributed by atoms with Crippen LogP contribution in [0.15, 0.2) is 53.7 Å². The molecule has 0 N–H and O–H groups in total. The third-order valence-electron chi connectivity index (χ3n) is 7.74. The smallest absolute Gasteiger partial charge is 0.145 e. The molecule has 4 nitrogen and oxygen atoms in total. The van der Waals surface area contributed by atoms with Crippen LogP contribution in [0.2, 0.25) is 0 Å². The van der Waals surface area contributed by atoms with Crippen molar-refractivity contribution in [2.45, 2.75) is 75.5 Å². The Morgan fingerprint density at radius 3 is 2.48 bits per heavy atom. The van der Waals surface area contributed by atoms with E-state index in [1.165, 1.54) is 29.5 Å². The highest BCUT2D eigenvalue weighted by Crippen LogP contribution is 2.59. The first kappa shape index (κ1) is 19.4. The predicted molar refractivity (Wildman–Crippen MR) is 123 cm³/mol. The first-order valence-electron chi connectivity index (χ1n) is 11.8. The Balaban J connectivity index is 1.10. The van der Waals surface area contributed by atoms with Gasteiger partial charge in [0, 0.05) is 49.9 Å². The van der Waals surface area contributed by atoms with Crippen molar-refractivity contribution < 1.29 is 9.57 Å². The average Bonchev–Trinajstić information content (AvgIpc) is 3.40. The summed E-state index contributed by atoms with van der Waals surface area (Å²) in [6, 6.07) is 17.4. The molecule has 0 atom stereocenters. The Morgan fingerprint density at radius 1 is 0.968 bits per heavy atom. The molecule has 4 heteroatoms. The number of nitrogens with zero attached hydrogens (tertiary/aromatic N) is 2. The zero-order chi connectivity index (χ0) is 21.1. The van der Waals surface area contributed by atoms with Crippen LogP contribution in [0.5, 0.6) is 5.75 Å². The Bertz CT molecular complexity index is 1010. The lowest BCUT2D eigenvalue weighted by atomic mass is 9.81. The van der Waals surface area contributed by atoms with Gasteiger partial charge in [0.2, 0.25) is 0 Å². The van der Waals surface area contributed by atoms with Gasteiger partial charge in [-0.2, -0.15) is 0 Å². The third kappa shape index (κ3) is 3.55. The fourth-order valence-corrected chi connectivity index (χ4v) is 5.97. The van der Waals surface area contributed by atoms with Crippen LogP contribution in [-0.4, -0.2) is 34.9 Å². The number of ether oxygens (including phenoxy) is 1. The first-order valence-corrected chi connectivity index (χ1v) is 11.8. The maximum absolute atomic E-state index is 6.31. The molecule has 0 amide bonds. The van der Waals surface area contributed by atoms with Crippen LogP contribution in [0.1, 0.15) is 69.1 Å². The Morgan fingerprint density at radius 2 is 1.74 bits per heavy atom. The summed E-state index contributed by atoms with van der Waals surface area (Å²) in [5, 5.41) is 4.46. The lowest BCUT2D eigenvalue weighted by Crippen LogP contribution is -2.44. The van der Waals surface area contributed by atoms with Crippen molar-refractivity contribution in [1.82, 2.24) is 4.90 Å². The number of piperidine rings is 1. The van der Waals surface area contributed by atoms with Crippen molar-refractivity contribution in [2.24, 2.45) is 5.16 Å². The molecule has 1 saturated carbocycles. The van der Waals surface area contributed by atoms with Crippen LogP contribution >= 0.6 is 0 Å². The minimum atomic E-state index is -0.102. The van der Waals surface area contributed by atoms with Crippen molar-refractivity contribution >= 4 is 5.71 Å². The summed E-state index contributed by atoms with van der Waals surface area (Å²) >= 11 is 0. The molecule has 3 heterocycles. The minimum Gasteiger partial charge on any atom is -0.488 e. The fraction of sp³-hybridized carbons (Fsp3) is 0.519. The molecular formula is C27H32N2O2. The molecule has 162 valence electrons. The summed E-state index contributed by atoms with van der Waals surface area (Å²) < 4.78 is 6.31. The molecule has 0 unspecified atom stereocenters. The van der Waals surface area contributed by atoms with Crippen LogP contribution < -0.4 is 4.74 Å². The SMILES string of the molecule is CC1(C)CC2(CC2)c2cc(CN3CCC4(CC3)CC(c3ccccc3)=NO4)ccc2O1. The third-order valence-corrected chi connectivity index (χ3v) is 7.74. The number of hydrogen-bond acceptors (Lipinski definition) is 4. The first-order chi connectivity index (χ1) is 14.9. The minimum absolute atomic E-state index is 0.0475. The van der Waals surface area contributed by atoms with Gasteiger partial charge in [0.05, 0.1) is 5.71 Å². The van der Waals surface area contributed by atoms with E-state index in [0.29, 0.717) is 5.41 Å². The molecule has 31 heavy (non-hydrogen) atoms. The predicted octanol–water partition coefficient (Wildman–Crippen LogP) is 5.44. The van der Waals surface area contributed by atoms with Gasteiger partial charge in [-0.3, -0.25) is 4.90 Å². The van der Waals surface area contributed by atoms with Crippen LogP contribution in [0.4, 0.5) is 0 Å². The quantitative estimate of drug-likeness (QED) is 0.668. The Hall–Kier alpha value is -2.33. The highest BCUT2D eigenvalue weighted by atomic mass is 16.7. The van der Waals surface area contributed by atoms with E-state index in [9.17, 15) is 0 Å². The highest BCUT2D eigenvalue weighted by molar-refractivity contribution is 6.01. The van der Waals surface area contributed by atoms with Crippen molar-refractivity contribution in [3.05, 3.63) is 65.2 Å². The van der Waals surface area contributed by atoms with E-state index in [1.54, 1.807) is 0 Å². The molecule has 2 spiro atoms. The van der Waals surface area contributed by atoms with E-state index in [1.807, 2.05) is 6.07 Å². The monoisotopic (exact) mass is 416 g/mol. The summed E-state index contributed by atoms with van der Waals surface area (Å²) in [4.78, 5) is 8.59. The van der Waals surface area contributed by atoms with Gasteiger partial charge in [0.25, 0.3) is 0 Å². The molecule has 0 radical (unpaired) electrons. The number of hydrogen-bond donors (Lipinski definition) is 0. The molecule has 0 aromatic heterocycles. The number of fused-ring (bicyclic) bond motifs is 2. The van der Waals surface area contributed by atoms with E-state index in [0.717, 1.165) is 56.8 Å². The van der Waals surface area contributed by atoms with Crippen LogP contribution in [-0.2, 0) is 16.8 Å². The lowest BCUT2D eigenvalue weighted by Gasteiger charge is -2.39. The molecular weight excluding hydrogens is 384 g/mol. The topological polar surface area (TPSA) is 34.1 Å². The van der Waals surface area contributed by atoms with Crippen molar-refractivity contribution in [1.29, 1.82) is 0 Å². The Labute approximate surface area is 185 Å². The van der Waals surface area contributed by atoms with Gasteiger partial charge < -0.3 is 9.57 Å². The summed E-state index contributed by atoms with van der Waals surface area (Å²) in [6.45, 7) is 7.58. The van der Waals surface area contributed by atoms with E-state index in [-0.39, 0.29) is 11.2 Å². The number of oxime groups is 1. The van der Waals surface area contributed by atoms with Gasteiger partial charge in [-0.25, -0.2) is 0 Å². The molecule has 2 fully saturated rings. The van der Waals surface area contributed by atoms with E-state index in [2.05, 4.69) is 66.4 Å². The van der Waals surface area contributed by atoms with Crippen LogP contribution in [0.3, 0.4) is 0 Å². The maximum atomic E-state index is 6.31. The summed E-state index contributed by atoms with van der Waals surface area (Å²) in [5.74, 6) is 1.11. The van der Waals surface area contributed by atoms with Gasteiger partial charge in [-0.15, -0.1) is 0 Å². The molecule has 3 aliphatic heterocycles. The van der Waals surface area contributed by atoms with Crippen LogP contribution in [0.25, 0.3) is 0 Å². The fourth-order valence-electron chi connectivity index (χ4n) is 5.97. The second-order valence-electron chi connectivity index (χ2n) is 10.8. The largest absolute Gasteiger partial charge is 0.488 e. The number of benzene rings is 2. The highest BCUT2D eigenvalue weighted by Gasteiger charge is 2.53. The normalized spacial score (nSPS) is 24.9. The zero-order valence-electron chi connectivity index (χ0n) is 18.7. The van der Waals surface area contributed by atoms with Gasteiger partial charge in [0.15, 0.2) is 0 Å². The van der Waals surface area contributed by atoms with Gasteiger partial charge >= 0.3 is 0 Å². The second kappa shape index (κ2) is 6.83.